The lowest BCUT2D eigenvalue weighted by Gasteiger charge is -2.18. The summed E-state index contributed by atoms with van der Waals surface area (Å²) in [6, 6.07) is 0.0234. The molecule has 1 rings (SSSR count). The second-order valence-electron chi connectivity index (χ2n) is 3.78. The first-order valence-corrected chi connectivity index (χ1v) is 5.27. The number of unbranched alkanes of at least 4 members (excludes halogenated alkanes) is 1. The smallest absolute Gasteiger partial charge is 0.0756 e. The summed E-state index contributed by atoms with van der Waals surface area (Å²) >= 11 is 0. The number of hydrogen-bond acceptors (Lipinski definition) is 3. The number of rotatable bonds is 5. The van der Waals surface area contributed by atoms with Gasteiger partial charge in [-0.05, 0) is 12.3 Å². The summed E-state index contributed by atoms with van der Waals surface area (Å²) in [6.45, 7) is 4.37. The molecule has 0 saturated heterocycles. The monoisotopic (exact) mass is 193 g/mol. The van der Waals surface area contributed by atoms with Crippen LogP contribution in [0.4, 0.5) is 0 Å². The van der Waals surface area contributed by atoms with Crippen LogP contribution in [0.5, 0.6) is 0 Å². The van der Waals surface area contributed by atoms with Crippen LogP contribution in [0, 0.1) is 5.92 Å². The molecule has 0 aliphatic rings. The van der Waals surface area contributed by atoms with Gasteiger partial charge < -0.3 is 5.73 Å². The average molecular weight is 193 g/mol. The van der Waals surface area contributed by atoms with Crippen molar-refractivity contribution in [3.8, 4) is 0 Å². The Hall–Kier alpha value is -0.960. The Bertz CT molecular complexity index is 248. The van der Waals surface area contributed by atoms with E-state index in [4.69, 9.17) is 5.73 Å². The molecule has 3 heteroatoms. The summed E-state index contributed by atoms with van der Waals surface area (Å²) < 4.78 is 0. The number of nitrogens with zero attached hydrogens (tertiary/aromatic N) is 2. The van der Waals surface area contributed by atoms with Crippen LogP contribution < -0.4 is 5.73 Å². The maximum atomic E-state index is 6.08. The summed E-state index contributed by atoms with van der Waals surface area (Å²) in [4.78, 5) is 8.25. The van der Waals surface area contributed by atoms with Gasteiger partial charge in [-0.25, -0.2) is 0 Å². The normalized spacial score (nSPS) is 15.1. The average Bonchev–Trinajstić information content (AvgIpc) is 2.26. The van der Waals surface area contributed by atoms with Crippen LogP contribution in [0.25, 0.3) is 0 Å². The topological polar surface area (TPSA) is 51.8 Å². The molecule has 0 radical (unpaired) electrons. The van der Waals surface area contributed by atoms with Crippen molar-refractivity contribution in [1.29, 1.82) is 0 Å². The van der Waals surface area contributed by atoms with Crippen molar-refractivity contribution < 1.29 is 0 Å². The Kier molecular flexibility index (Phi) is 4.53. The third kappa shape index (κ3) is 3.07. The molecule has 0 aliphatic heterocycles. The lowest BCUT2D eigenvalue weighted by Crippen LogP contribution is -2.20. The molecule has 1 heterocycles. The predicted octanol–water partition coefficient (Wildman–Crippen LogP) is 2.30. The highest BCUT2D eigenvalue weighted by molar-refractivity contribution is 5.02. The molecule has 0 fully saturated rings. The molecule has 0 spiro atoms. The van der Waals surface area contributed by atoms with Gasteiger partial charge in [-0.2, -0.15) is 0 Å². The fourth-order valence-corrected chi connectivity index (χ4v) is 1.48. The van der Waals surface area contributed by atoms with Crippen molar-refractivity contribution in [1.82, 2.24) is 9.97 Å². The van der Waals surface area contributed by atoms with Gasteiger partial charge in [0, 0.05) is 18.6 Å². The minimum Gasteiger partial charge on any atom is -0.322 e. The van der Waals surface area contributed by atoms with E-state index >= 15 is 0 Å². The van der Waals surface area contributed by atoms with Crippen molar-refractivity contribution in [3.05, 3.63) is 24.3 Å². The van der Waals surface area contributed by atoms with Crippen LogP contribution in [-0.4, -0.2) is 9.97 Å². The van der Waals surface area contributed by atoms with Crippen LogP contribution in [-0.2, 0) is 0 Å². The van der Waals surface area contributed by atoms with Crippen molar-refractivity contribution in [2.24, 2.45) is 11.7 Å². The van der Waals surface area contributed by atoms with Gasteiger partial charge in [-0.3, -0.25) is 9.97 Å². The quantitative estimate of drug-likeness (QED) is 0.780. The first kappa shape index (κ1) is 11.1. The molecule has 2 unspecified atom stereocenters. The molecule has 0 saturated carbocycles. The van der Waals surface area contributed by atoms with E-state index in [2.05, 4.69) is 23.8 Å². The minimum absolute atomic E-state index is 0.0234. The highest BCUT2D eigenvalue weighted by Gasteiger charge is 2.15. The molecule has 0 amide bonds. The Balaban J connectivity index is 2.52. The number of aromatic nitrogens is 2. The van der Waals surface area contributed by atoms with Crippen LogP contribution in [0.15, 0.2) is 18.6 Å². The number of nitrogens with two attached hydrogens (primary N) is 1. The number of hydrogen-bond donors (Lipinski definition) is 1. The van der Waals surface area contributed by atoms with Crippen molar-refractivity contribution >= 4 is 0 Å². The first-order chi connectivity index (χ1) is 6.75. The highest BCUT2D eigenvalue weighted by Crippen LogP contribution is 2.21. The van der Waals surface area contributed by atoms with Crippen molar-refractivity contribution in [2.45, 2.75) is 39.2 Å². The molecule has 14 heavy (non-hydrogen) atoms. The Morgan fingerprint density at radius 1 is 1.43 bits per heavy atom. The molecular formula is C11H19N3. The standard InChI is InChI=1S/C11H19N3/c1-3-4-5-9(2)11(12)10-8-13-6-7-14-10/h6-9,11H,3-5,12H2,1-2H3. The molecule has 0 aliphatic carbocycles. The van der Waals surface area contributed by atoms with E-state index < -0.39 is 0 Å². The third-order valence-electron chi connectivity index (χ3n) is 2.55. The first-order valence-electron chi connectivity index (χ1n) is 5.27. The van der Waals surface area contributed by atoms with Crippen LogP contribution in [0.1, 0.15) is 44.8 Å². The molecule has 78 valence electrons. The van der Waals surface area contributed by atoms with Gasteiger partial charge in [-0.1, -0.05) is 26.7 Å². The van der Waals surface area contributed by atoms with Gasteiger partial charge in [0.15, 0.2) is 0 Å². The Morgan fingerprint density at radius 2 is 2.21 bits per heavy atom. The van der Waals surface area contributed by atoms with E-state index in [-0.39, 0.29) is 6.04 Å². The van der Waals surface area contributed by atoms with Gasteiger partial charge in [0.25, 0.3) is 0 Å². The van der Waals surface area contributed by atoms with E-state index in [0.29, 0.717) is 5.92 Å². The second-order valence-corrected chi connectivity index (χ2v) is 3.78. The fourth-order valence-electron chi connectivity index (χ4n) is 1.48. The van der Waals surface area contributed by atoms with E-state index in [0.717, 1.165) is 12.1 Å². The van der Waals surface area contributed by atoms with Gasteiger partial charge in [0.1, 0.15) is 0 Å². The zero-order valence-corrected chi connectivity index (χ0v) is 8.98. The zero-order valence-electron chi connectivity index (χ0n) is 8.98. The highest BCUT2D eigenvalue weighted by atomic mass is 14.8. The van der Waals surface area contributed by atoms with E-state index in [1.165, 1.54) is 12.8 Å². The molecule has 0 aromatic carbocycles. The summed E-state index contributed by atoms with van der Waals surface area (Å²) in [5.41, 5.74) is 6.98. The SMILES string of the molecule is CCCCC(C)C(N)c1cnccn1. The lowest BCUT2D eigenvalue weighted by atomic mass is 9.94. The van der Waals surface area contributed by atoms with Crippen LogP contribution in [0.2, 0.25) is 0 Å². The summed E-state index contributed by atoms with van der Waals surface area (Å²) in [7, 11) is 0. The van der Waals surface area contributed by atoms with E-state index in [1.807, 2.05) is 0 Å². The molecule has 2 N–H and O–H groups in total. The largest absolute Gasteiger partial charge is 0.322 e. The Morgan fingerprint density at radius 3 is 2.79 bits per heavy atom. The molecule has 0 bridgehead atoms. The molecule has 2 atom stereocenters. The summed E-state index contributed by atoms with van der Waals surface area (Å²) in [5.74, 6) is 0.478. The van der Waals surface area contributed by atoms with Crippen LogP contribution in [0.3, 0.4) is 0 Å². The molecular weight excluding hydrogens is 174 g/mol. The lowest BCUT2D eigenvalue weighted by molar-refractivity contribution is 0.416. The van der Waals surface area contributed by atoms with E-state index in [1.54, 1.807) is 18.6 Å². The minimum atomic E-state index is 0.0234. The zero-order chi connectivity index (χ0) is 10.4. The van der Waals surface area contributed by atoms with Gasteiger partial charge in [0.05, 0.1) is 11.7 Å². The van der Waals surface area contributed by atoms with Crippen LogP contribution >= 0.6 is 0 Å². The summed E-state index contributed by atoms with van der Waals surface area (Å²) in [5, 5.41) is 0. The fraction of sp³-hybridized carbons (Fsp3) is 0.636. The molecule has 1 aromatic rings. The van der Waals surface area contributed by atoms with Crippen molar-refractivity contribution in [3.63, 3.8) is 0 Å². The maximum Gasteiger partial charge on any atom is 0.0756 e. The van der Waals surface area contributed by atoms with Crippen molar-refractivity contribution in [2.75, 3.05) is 0 Å². The Labute approximate surface area is 85.8 Å². The van der Waals surface area contributed by atoms with Gasteiger partial charge in [0.2, 0.25) is 0 Å². The van der Waals surface area contributed by atoms with Gasteiger partial charge >= 0.3 is 0 Å². The van der Waals surface area contributed by atoms with Gasteiger partial charge in [-0.15, -0.1) is 0 Å². The second kappa shape index (κ2) is 5.70. The summed E-state index contributed by atoms with van der Waals surface area (Å²) in [6.07, 6.45) is 8.74. The third-order valence-corrected chi connectivity index (χ3v) is 2.55. The maximum absolute atomic E-state index is 6.08. The molecule has 3 nitrogen and oxygen atoms in total. The van der Waals surface area contributed by atoms with E-state index in [9.17, 15) is 0 Å². The molecule has 1 aromatic heterocycles. The predicted molar refractivity (Wildman–Crippen MR) is 57.6 cm³/mol.